The standard InChI is InChI=1S/C12H10N2O/c1-2-12(15)14-10-6-5-9-4-3-7-13-11(9)8-10/h2-8H,1H2,(H,14,15). The van der Waals surface area contributed by atoms with Crippen molar-refractivity contribution in [1.29, 1.82) is 0 Å². The van der Waals surface area contributed by atoms with Gasteiger partial charge in [0, 0.05) is 17.3 Å². The quantitative estimate of drug-likeness (QED) is 0.752. The van der Waals surface area contributed by atoms with E-state index in [0.29, 0.717) is 0 Å². The molecule has 0 saturated carbocycles. The summed E-state index contributed by atoms with van der Waals surface area (Å²) in [5.74, 6) is -0.217. The van der Waals surface area contributed by atoms with Gasteiger partial charge in [0.25, 0.3) is 0 Å². The van der Waals surface area contributed by atoms with Crippen LogP contribution in [0.2, 0.25) is 0 Å². The van der Waals surface area contributed by atoms with E-state index in [0.717, 1.165) is 16.6 Å². The zero-order valence-electron chi connectivity index (χ0n) is 8.10. The van der Waals surface area contributed by atoms with Crippen LogP contribution >= 0.6 is 0 Å². The van der Waals surface area contributed by atoms with Gasteiger partial charge < -0.3 is 5.32 Å². The first kappa shape index (κ1) is 9.40. The summed E-state index contributed by atoms with van der Waals surface area (Å²) in [6.45, 7) is 3.39. The highest BCUT2D eigenvalue weighted by atomic mass is 16.1. The summed E-state index contributed by atoms with van der Waals surface area (Å²) in [5, 5.41) is 3.74. The average Bonchev–Trinajstić information content (AvgIpc) is 2.29. The van der Waals surface area contributed by atoms with Crippen LogP contribution in [0, 0.1) is 0 Å². The van der Waals surface area contributed by atoms with Gasteiger partial charge in [-0.2, -0.15) is 0 Å². The number of hydrogen-bond acceptors (Lipinski definition) is 2. The Kier molecular flexibility index (Phi) is 2.46. The van der Waals surface area contributed by atoms with E-state index in [2.05, 4.69) is 16.9 Å². The highest BCUT2D eigenvalue weighted by molar-refractivity contribution is 6.00. The van der Waals surface area contributed by atoms with Gasteiger partial charge in [-0.15, -0.1) is 0 Å². The maximum Gasteiger partial charge on any atom is 0.247 e. The molecule has 0 radical (unpaired) electrons. The molecule has 0 saturated heterocycles. The van der Waals surface area contributed by atoms with E-state index < -0.39 is 0 Å². The number of aromatic nitrogens is 1. The lowest BCUT2D eigenvalue weighted by atomic mass is 10.2. The fourth-order valence-electron chi connectivity index (χ4n) is 1.34. The molecule has 0 unspecified atom stereocenters. The van der Waals surface area contributed by atoms with Gasteiger partial charge >= 0.3 is 0 Å². The summed E-state index contributed by atoms with van der Waals surface area (Å²) < 4.78 is 0. The molecule has 1 amide bonds. The van der Waals surface area contributed by atoms with Crippen LogP contribution in [0.3, 0.4) is 0 Å². The number of pyridine rings is 1. The number of carbonyl (C=O) groups is 1. The van der Waals surface area contributed by atoms with Gasteiger partial charge in [-0.3, -0.25) is 9.78 Å². The van der Waals surface area contributed by atoms with Crippen LogP contribution in [-0.2, 0) is 4.79 Å². The van der Waals surface area contributed by atoms with E-state index in [-0.39, 0.29) is 5.91 Å². The number of carbonyl (C=O) groups excluding carboxylic acids is 1. The molecular weight excluding hydrogens is 188 g/mol. The smallest absolute Gasteiger partial charge is 0.247 e. The van der Waals surface area contributed by atoms with E-state index in [1.165, 1.54) is 6.08 Å². The molecule has 3 nitrogen and oxygen atoms in total. The number of anilines is 1. The highest BCUT2D eigenvalue weighted by Crippen LogP contribution is 2.16. The topological polar surface area (TPSA) is 42.0 Å². The van der Waals surface area contributed by atoms with Crippen molar-refractivity contribution in [3.05, 3.63) is 49.2 Å². The summed E-state index contributed by atoms with van der Waals surface area (Å²) in [6, 6.07) is 9.44. The Morgan fingerprint density at radius 3 is 3.07 bits per heavy atom. The molecule has 0 aliphatic heterocycles. The highest BCUT2D eigenvalue weighted by Gasteiger charge is 1.98. The fourth-order valence-corrected chi connectivity index (χ4v) is 1.34. The Morgan fingerprint density at radius 2 is 2.27 bits per heavy atom. The molecule has 1 aromatic carbocycles. The number of benzene rings is 1. The molecule has 0 spiro atoms. The number of fused-ring (bicyclic) bond motifs is 1. The van der Waals surface area contributed by atoms with Crippen molar-refractivity contribution >= 4 is 22.5 Å². The fraction of sp³-hybridized carbons (Fsp3) is 0. The van der Waals surface area contributed by atoms with Gasteiger partial charge in [-0.25, -0.2) is 0 Å². The van der Waals surface area contributed by atoms with Gasteiger partial charge in [0.1, 0.15) is 0 Å². The first-order chi connectivity index (χ1) is 7.29. The summed E-state index contributed by atoms with van der Waals surface area (Å²) in [4.78, 5) is 15.3. The number of hydrogen-bond donors (Lipinski definition) is 1. The van der Waals surface area contributed by atoms with Gasteiger partial charge in [-0.1, -0.05) is 18.7 Å². The molecule has 0 aliphatic rings. The average molecular weight is 198 g/mol. The molecule has 2 aromatic rings. The SMILES string of the molecule is C=CC(=O)Nc1ccc2cccnc2c1. The van der Waals surface area contributed by atoms with Gasteiger partial charge in [0.2, 0.25) is 5.91 Å². The summed E-state index contributed by atoms with van der Waals surface area (Å²) in [6.07, 6.45) is 2.96. The Balaban J connectivity index is 2.38. The molecule has 15 heavy (non-hydrogen) atoms. The second-order valence-corrected chi connectivity index (χ2v) is 3.10. The molecule has 2 rings (SSSR count). The van der Waals surface area contributed by atoms with Crippen LogP contribution in [0.25, 0.3) is 10.9 Å². The number of nitrogens with zero attached hydrogens (tertiary/aromatic N) is 1. The Labute approximate surface area is 87.4 Å². The van der Waals surface area contributed by atoms with E-state index >= 15 is 0 Å². The van der Waals surface area contributed by atoms with Crippen molar-refractivity contribution in [2.45, 2.75) is 0 Å². The first-order valence-corrected chi connectivity index (χ1v) is 4.58. The molecule has 1 N–H and O–H groups in total. The van der Waals surface area contributed by atoms with E-state index in [9.17, 15) is 4.79 Å². The van der Waals surface area contributed by atoms with Crippen LogP contribution in [0.5, 0.6) is 0 Å². The lowest BCUT2D eigenvalue weighted by Gasteiger charge is -2.03. The summed E-state index contributed by atoms with van der Waals surface area (Å²) in [5.41, 5.74) is 1.59. The molecule has 74 valence electrons. The van der Waals surface area contributed by atoms with Crippen LogP contribution in [0.15, 0.2) is 49.2 Å². The third-order valence-electron chi connectivity index (χ3n) is 2.06. The number of amides is 1. The monoisotopic (exact) mass is 198 g/mol. The largest absolute Gasteiger partial charge is 0.322 e. The molecule has 0 fully saturated rings. The molecule has 0 aliphatic carbocycles. The maximum absolute atomic E-state index is 11.1. The van der Waals surface area contributed by atoms with E-state index in [1.54, 1.807) is 6.20 Å². The third-order valence-corrected chi connectivity index (χ3v) is 2.06. The predicted molar refractivity (Wildman–Crippen MR) is 60.6 cm³/mol. The maximum atomic E-state index is 11.1. The van der Waals surface area contributed by atoms with Crippen molar-refractivity contribution in [3.63, 3.8) is 0 Å². The zero-order valence-corrected chi connectivity index (χ0v) is 8.10. The molecule has 0 bridgehead atoms. The minimum absolute atomic E-state index is 0.217. The minimum atomic E-state index is -0.217. The van der Waals surface area contributed by atoms with E-state index in [1.807, 2.05) is 30.3 Å². The van der Waals surface area contributed by atoms with Gasteiger partial charge in [0.15, 0.2) is 0 Å². The van der Waals surface area contributed by atoms with Gasteiger partial charge in [0.05, 0.1) is 5.52 Å². The van der Waals surface area contributed by atoms with Gasteiger partial charge in [-0.05, 0) is 24.3 Å². The van der Waals surface area contributed by atoms with Crippen molar-refractivity contribution < 1.29 is 4.79 Å². The Hall–Kier alpha value is -2.16. The molecule has 1 heterocycles. The molecule has 0 atom stereocenters. The Bertz CT molecular complexity index is 520. The zero-order chi connectivity index (χ0) is 10.7. The Morgan fingerprint density at radius 1 is 1.40 bits per heavy atom. The van der Waals surface area contributed by atoms with Crippen LogP contribution < -0.4 is 5.32 Å². The van der Waals surface area contributed by atoms with Crippen molar-refractivity contribution in [3.8, 4) is 0 Å². The van der Waals surface area contributed by atoms with E-state index in [4.69, 9.17) is 0 Å². The van der Waals surface area contributed by atoms with Crippen LogP contribution in [0.1, 0.15) is 0 Å². The molecule has 1 aromatic heterocycles. The number of rotatable bonds is 2. The van der Waals surface area contributed by atoms with Crippen molar-refractivity contribution in [1.82, 2.24) is 4.98 Å². The molecular formula is C12H10N2O. The predicted octanol–water partition coefficient (Wildman–Crippen LogP) is 2.36. The summed E-state index contributed by atoms with van der Waals surface area (Å²) in [7, 11) is 0. The lowest BCUT2D eigenvalue weighted by molar-refractivity contribution is -0.111. The van der Waals surface area contributed by atoms with Crippen molar-refractivity contribution in [2.75, 3.05) is 5.32 Å². The van der Waals surface area contributed by atoms with Crippen LogP contribution in [0.4, 0.5) is 5.69 Å². The summed E-state index contributed by atoms with van der Waals surface area (Å²) >= 11 is 0. The molecule has 3 heteroatoms. The first-order valence-electron chi connectivity index (χ1n) is 4.58. The lowest BCUT2D eigenvalue weighted by Crippen LogP contribution is -2.06. The van der Waals surface area contributed by atoms with Crippen LogP contribution in [-0.4, -0.2) is 10.9 Å². The van der Waals surface area contributed by atoms with Crippen molar-refractivity contribution in [2.24, 2.45) is 0 Å². The second kappa shape index (κ2) is 3.92. The normalized spacial score (nSPS) is 9.87. The number of nitrogens with one attached hydrogen (secondary N) is 1. The minimum Gasteiger partial charge on any atom is -0.322 e. The third kappa shape index (κ3) is 2.02. The second-order valence-electron chi connectivity index (χ2n) is 3.10.